The van der Waals surface area contributed by atoms with Crippen molar-refractivity contribution >= 4 is 40.4 Å². The third-order valence-electron chi connectivity index (χ3n) is 3.76. The molecular weight excluding hydrogens is 380 g/mol. The van der Waals surface area contributed by atoms with Crippen LogP contribution in [0.25, 0.3) is 0 Å². The van der Waals surface area contributed by atoms with Crippen LogP contribution in [0.1, 0.15) is 64.7 Å². The van der Waals surface area contributed by atoms with Crippen molar-refractivity contribution in [3.63, 3.8) is 0 Å². The Morgan fingerprint density at radius 3 is 2.29 bits per heavy atom. The van der Waals surface area contributed by atoms with Crippen molar-refractivity contribution in [2.75, 3.05) is 12.4 Å². The minimum Gasteiger partial charge on any atom is -0.462 e. The molecule has 0 radical (unpaired) electrons. The van der Waals surface area contributed by atoms with Gasteiger partial charge in [0, 0.05) is 19.4 Å². The maximum Gasteiger partial charge on any atom is 0.293 e. The first kappa shape index (κ1) is 25.8. The van der Waals surface area contributed by atoms with E-state index >= 15 is 0 Å². The minimum atomic E-state index is -0.318. The molecule has 0 bridgehead atoms. The summed E-state index contributed by atoms with van der Waals surface area (Å²) in [5, 5.41) is 8.14. The van der Waals surface area contributed by atoms with E-state index in [0.29, 0.717) is 25.2 Å². The quantitative estimate of drug-likeness (QED) is 0.445. The van der Waals surface area contributed by atoms with Gasteiger partial charge in [0.05, 0.1) is 10.6 Å². The molecule has 1 aliphatic heterocycles. The molecule has 2 amide bonds. The molecule has 0 aliphatic carbocycles. The van der Waals surface area contributed by atoms with Gasteiger partial charge in [0.15, 0.2) is 5.78 Å². The van der Waals surface area contributed by atoms with E-state index in [4.69, 9.17) is 0 Å². The number of Topliss-reactive ketones (excluding diaryl/α,β-unsaturated/α-hetero) is 1. The maximum atomic E-state index is 11.1. The largest absolute Gasteiger partial charge is 0.462 e. The Balaban J connectivity index is 0.000000402. The number of amides is 2. The number of nitrogens with one attached hydrogen (secondary N) is 2. The van der Waals surface area contributed by atoms with Crippen LogP contribution in [-0.4, -0.2) is 36.7 Å². The Morgan fingerprint density at radius 2 is 1.96 bits per heavy atom. The van der Waals surface area contributed by atoms with Crippen molar-refractivity contribution < 1.29 is 23.9 Å². The lowest BCUT2D eigenvalue weighted by atomic mass is 9.88. The molecule has 1 aliphatic rings. The highest BCUT2D eigenvalue weighted by Gasteiger charge is 2.28. The number of ether oxygens (including phenoxy) is 1. The van der Waals surface area contributed by atoms with Crippen molar-refractivity contribution in [3.05, 3.63) is 17.0 Å². The maximum absolute atomic E-state index is 11.1. The highest BCUT2D eigenvalue weighted by molar-refractivity contribution is 7.14. The number of piperidine rings is 1. The second kappa shape index (κ2) is 12.3. The summed E-state index contributed by atoms with van der Waals surface area (Å²) in [6.45, 7) is 11.5. The van der Waals surface area contributed by atoms with Gasteiger partial charge in [-0.05, 0) is 51.5 Å². The van der Waals surface area contributed by atoms with Gasteiger partial charge in [-0.1, -0.05) is 13.8 Å². The highest BCUT2D eigenvalue weighted by atomic mass is 32.1. The summed E-state index contributed by atoms with van der Waals surface area (Å²) in [4.78, 5) is 42.3. The molecule has 0 spiro atoms. The van der Waals surface area contributed by atoms with Gasteiger partial charge in [0.1, 0.15) is 5.60 Å². The lowest BCUT2D eigenvalue weighted by Gasteiger charge is -2.23. The smallest absolute Gasteiger partial charge is 0.293 e. The number of carbonyl (C=O) groups excluding carboxylic acids is 4. The standard InChI is InChI=1S/C8H13NO2.C7H9NOS.C5H10O2/c1-5(2)6-3-4-7(10)9-8(6)11;1-5(9)6-3-4-10-7(6)8-2;1-5(2,3)7-4-6/h5-6H,3-4H2,1-2H3,(H,9,10,11);3-4,8H,1-2H3;4H,1-3H3. The topological polar surface area (TPSA) is 102 Å². The van der Waals surface area contributed by atoms with Gasteiger partial charge in [0.25, 0.3) is 6.47 Å². The first-order chi connectivity index (χ1) is 12.9. The lowest BCUT2D eigenvalue weighted by molar-refractivity contribution is -0.139. The Bertz CT molecular complexity index is 662. The fourth-order valence-electron chi connectivity index (χ4n) is 2.27. The van der Waals surface area contributed by atoms with Gasteiger partial charge < -0.3 is 10.1 Å². The van der Waals surface area contributed by atoms with Crippen LogP contribution in [0.4, 0.5) is 5.00 Å². The molecule has 1 unspecified atom stereocenters. The Kier molecular flexibility index (Phi) is 11.3. The second-order valence-electron chi connectivity index (χ2n) is 7.60. The SMILES string of the molecule is CC(C)(C)OC=O.CC(C)C1CCC(=O)NC1=O.CNc1sccc1C(C)=O. The van der Waals surface area contributed by atoms with E-state index in [1.807, 2.05) is 53.1 Å². The first-order valence-electron chi connectivity index (χ1n) is 9.14. The summed E-state index contributed by atoms with van der Waals surface area (Å²) in [7, 11) is 1.82. The molecule has 1 fully saturated rings. The Labute approximate surface area is 171 Å². The van der Waals surface area contributed by atoms with E-state index in [1.54, 1.807) is 18.3 Å². The van der Waals surface area contributed by atoms with E-state index < -0.39 is 0 Å². The molecule has 28 heavy (non-hydrogen) atoms. The van der Waals surface area contributed by atoms with E-state index in [0.717, 1.165) is 10.6 Å². The Morgan fingerprint density at radius 1 is 1.36 bits per heavy atom. The summed E-state index contributed by atoms with van der Waals surface area (Å²) >= 11 is 1.55. The van der Waals surface area contributed by atoms with Gasteiger partial charge >= 0.3 is 0 Å². The molecule has 158 valence electrons. The lowest BCUT2D eigenvalue weighted by Crippen LogP contribution is -2.42. The summed E-state index contributed by atoms with van der Waals surface area (Å²) in [6.07, 6.45) is 1.21. The molecular formula is C20H32N2O5S. The Hall–Kier alpha value is -2.22. The van der Waals surface area contributed by atoms with Crippen LogP contribution in [-0.2, 0) is 19.1 Å². The molecule has 2 rings (SSSR count). The van der Waals surface area contributed by atoms with Gasteiger partial charge in [-0.15, -0.1) is 11.3 Å². The van der Waals surface area contributed by atoms with Crippen molar-refractivity contribution in [3.8, 4) is 0 Å². The molecule has 2 N–H and O–H groups in total. The minimum absolute atomic E-state index is 0.0349. The van der Waals surface area contributed by atoms with Gasteiger partial charge in [-0.3, -0.25) is 24.5 Å². The first-order valence-corrected chi connectivity index (χ1v) is 10.0. The molecule has 0 aromatic carbocycles. The normalized spacial score (nSPS) is 16.1. The van der Waals surface area contributed by atoms with E-state index in [9.17, 15) is 19.2 Å². The number of carbonyl (C=O) groups is 4. The van der Waals surface area contributed by atoms with Crippen LogP contribution in [0.2, 0.25) is 0 Å². The van der Waals surface area contributed by atoms with Gasteiger partial charge in [-0.2, -0.15) is 0 Å². The second-order valence-corrected chi connectivity index (χ2v) is 8.51. The van der Waals surface area contributed by atoms with Crippen LogP contribution >= 0.6 is 11.3 Å². The predicted octanol–water partition coefficient (Wildman–Crippen LogP) is 3.65. The van der Waals surface area contributed by atoms with Crippen LogP contribution in [0.15, 0.2) is 11.4 Å². The zero-order valence-electron chi connectivity index (χ0n) is 17.8. The highest BCUT2D eigenvalue weighted by Crippen LogP contribution is 2.22. The van der Waals surface area contributed by atoms with Crippen LogP contribution in [0.5, 0.6) is 0 Å². The number of ketones is 1. The summed E-state index contributed by atoms with van der Waals surface area (Å²) in [5.74, 6) is 0.254. The molecule has 7 nitrogen and oxygen atoms in total. The van der Waals surface area contributed by atoms with E-state index in [-0.39, 0.29) is 29.1 Å². The van der Waals surface area contributed by atoms with Crippen LogP contribution < -0.4 is 10.6 Å². The molecule has 2 heterocycles. The number of imide groups is 1. The average Bonchev–Trinajstić information content (AvgIpc) is 3.03. The third kappa shape index (κ3) is 10.2. The molecule has 1 atom stereocenters. The molecule has 1 saturated heterocycles. The van der Waals surface area contributed by atoms with Crippen molar-refractivity contribution in [1.29, 1.82) is 0 Å². The predicted molar refractivity (Wildman–Crippen MR) is 111 cm³/mol. The zero-order chi connectivity index (χ0) is 21.9. The van der Waals surface area contributed by atoms with E-state index in [1.165, 1.54) is 0 Å². The molecule has 1 aromatic heterocycles. The molecule has 0 saturated carbocycles. The molecule has 1 aromatic rings. The van der Waals surface area contributed by atoms with Crippen LogP contribution in [0.3, 0.4) is 0 Å². The monoisotopic (exact) mass is 412 g/mol. The number of hydrogen-bond acceptors (Lipinski definition) is 7. The van der Waals surface area contributed by atoms with Gasteiger partial charge in [-0.25, -0.2) is 0 Å². The summed E-state index contributed by atoms with van der Waals surface area (Å²) in [6, 6.07) is 1.83. The van der Waals surface area contributed by atoms with Crippen molar-refractivity contribution in [2.24, 2.45) is 11.8 Å². The average molecular weight is 413 g/mol. The van der Waals surface area contributed by atoms with E-state index in [2.05, 4.69) is 15.4 Å². The van der Waals surface area contributed by atoms with Crippen molar-refractivity contribution in [1.82, 2.24) is 5.32 Å². The fourth-order valence-corrected chi connectivity index (χ4v) is 3.07. The number of hydrogen-bond donors (Lipinski definition) is 2. The van der Waals surface area contributed by atoms with Crippen molar-refractivity contribution in [2.45, 2.75) is 60.0 Å². The molecule has 8 heteroatoms. The summed E-state index contributed by atoms with van der Waals surface area (Å²) < 4.78 is 4.55. The summed E-state index contributed by atoms with van der Waals surface area (Å²) in [5.41, 5.74) is 0.467. The zero-order valence-corrected chi connectivity index (χ0v) is 18.6. The van der Waals surface area contributed by atoms with Gasteiger partial charge in [0.2, 0.25) is 11.8 Å². The fraction of sp³-hybridized carbons (Fsp3) is 0.600. The third-order valence-corrected chi connectivity index (χ3v) is 4.69. The number of thiophene rings is 1. The van der Waals surface area contributed by atoms with Crippen LogP contribution in [0, 0.1) is 11.8 Å². The number of anilines is 1. The number of rotatable bonds is 4.